The summed E-state index contributed by atoms with van der Waals surface area (Å²) in [6.07, 6.45) is 0.521. The molecule has 1 amide bonds. The Morgan fingerprint density at radius 2 is 2.06 bits per heavy atom. The Morgan fingerprint density at radius 1 is 1.29 bits per heavy atom. The number of hydrogen-bond acceptors (Lipinski definition) is 3. The number of likely N-dealkylation sites (tertiary alicyclic amines) is 1. The van der Waals surface area contributed by atoms with Gasteiger partial charge in [0, 0.05) is 25.4 Å². The first-order chi connectivity index (χ1) is 8.16. The minimum atomic E-state index is -0.498. The van der Waals surface area contributed by atoms with Crippen LogP contribution in [0.4, 0.5) is 0 Å². The Hall–Kier alpha value is -1.39. The Bertz CT molecular complexity index is 460. The number of carbonyl (C=O) groups is 1. The van der Waals surface area contributed by atoms with E-state index >= 15 is 0 Å². The maximum atomic E-state index is 11.9. The molecule has 1 aromatic rings. The zero-order valence-corrected chi connectivity index (χ0v) is 9.54. The van der Waals surface area contributed by atoms with Gasteiger partial charge in [-0.15, -0.1) is 0 Å². The molecule has 3 atom stereocenters. The number of benzene rings is 1. The van der Waals surface area contributed by atoms with E-state index < -0.39 is 6.10 Å². The predicted octanol–water partition coefficient (Wildman–Crippen LogP) is 0.204. The summed E-state index contributed by atoms with van der Waals surface area (Å²) in [5.41, 5.74) is 8.01. The number of nitrogens with zero attached hydrogens (tertiary/aromatic N) is 1. The molecule has 3 unspecified atom stereocenters. The van der Waals surface area contributed by atoms with Crippen molar-refractivity contribution in [2.45, 2.75) is 31.0 Å². The fraction of sp³-hybridized carbons (Fsp3) is 0.462. The highest BCUT2D eigenvalue weighted by Gasteiger charge is 2.41. The van der Waals surface area contributed by atoms with Crippen molar-refractivity contribution in [1.29, 1.82) is 0 Å². The molecule has 1 aliphatic carbocycles. The lowest BCUT2D eigenvalue weighted by Crippen LogP contribution is -2.36. The van der Waals surface area contributed by atoms with E-state index in [0.29, 0.717) is 19.4 Å². The number of aliphatic hydroxyl groups is 1. The molecule has 1 heterocycles. The maximum Gasteiger partial charge on any atom is 0.224 e. The van der Waals surface area contributed by atoms with Gasteiger partial charge in [0.05, 0.1) is 12.1 Å². The van der Waals surface area contributed by atoms with Crippen LogP contribution in [0.5, 0.6) is 0 Å². The van der Waals surface area contributed by atoms with Gasteiger partial charge in [0.1, 0.15) is 0 Å². The van der Waals surface area contributed by atoms with Gasteiger partial charge in [0.25, 0.3) is 0 Å². The predicted molar refractivity (Wildman–Crippen MR) is 63.2 cm³/mol. The van der Waals surface area contributed by atoms with Crippen LogP contribution in [0.25, 0.3) is 0 Å². The molecule has 1 aliphatic heterocycles. The standard InChI is InChI=1S/C13H16N2O2/c14-9-6-12(17)15(7-9)13-10-4-2-1-3-8(10)5-11(13)16/h1-4,9,11,13,16H,5-7,14H2. The molecule has 0 bridgehead atoms. The first-order valence-electron chi connectivity index (χ1n) is 5.97. The Balaban J connectivity index is 1.96. The van der Waals surface area contributed by atoms with Gasteiger partial charge in [-0.2, -0.15) is 0 Å². The molecule has 4 nitrogen and oxygen atoms in total. The van der Waals surface area contributed by atoms with Crippen molar-refractivity contribution in [3.05, 3.63) is 35.4 Å². The van der Waals surface area contributed by atoms with E-state index in [4.69, 9.17) is 5.73 Å². The van der Waals surface area contributed by atoms with E-state index in [1.54, 1.807) is 4.90 Å². The van der Waals surface area contributed by atoms with Crippen molar-refractivity contribution in [1.82, 2.24) is 4.90 Å². The van der Waals surface area contributed by atoms with Gasteiger partial charge < -0.3 is 15.7 Å². The lowest BCUT2D eigenvalue weighted by atomic mass is 10.1. The quantitative estimate of drug-likeness (QED) is 0.727. The molecule has 4 heteroatoms. The highest BCUT2D eigenvalue weighted by atomic mass is 16.3. The van der Waals surface area contributed by atoms with E-state index in [9.17, 15) is 9.90 Å². The summed E-state index contributed by atoms with van der Waals surface area (Å²) in [6, 6.07) is 7.62. The van der Waals surface area contributed by atoms with E-state index in [2.05, 4.69) is 0 Å². The van der Waals surface area contributed by atoms with Gasteiger partial charge in [0.15, 0.2) is 0 Å². The molecule has 3 rings (SSSR count). The zero-order chi connectivity index (χ0) is 12.0. The Labute approximate surface area is 100 Å². The van der Waals surface area contributed by atoms with E-state index in [-0.39, 0.29) is 18.0 Å². The lowest BCUT2D eigenvalue weighted by molar-refractivity contribution is -0.131. The van der Waals surface area contributed by atoms with Crippen molar-refractivity contribution in [2.75, 3.05) is 6.54 Å². The number of rotatable bonds is 1. The summed E-state index contributed by atoms with van der Waals surface area (Å²) in [5.74, 6) is 0.0539. The minimum Gasteiger partial charge on any atom is -0.390 e. The fourth-order valence-corrected chi connectivity index (χ4v) is 2.96. The summed E-state index contributed by atoms with van der Waals surface area (Å²) >= 11 is 0. The highest BCUT2D eigenvalue weighted by molar-refractivity contribution is 5.80. The second kappa shape index (κ2) is 3.82. The third kappa shape index (κ3) is 1.64. The van der Waals surface area contributed by atoms with Gasteiger partial charge in [-0.05, 0) is 11.1 Å². The maximum absolute atomic E-state index is 11.9. The van der Waals surface area contributed by atoms with Crippen LogP contribution in [-0.2, 0) is 11.2 Å². The van der Waals surface area contributed by atoms with Gasteiger partial charge in [0.2, 0.25) is 5.91 Å². The summed E-state index contributed by atoms with van der Waals surface area (Å²) in [7, 11) is 0. The summed E-state index contributed by atoms with van der Waals surface area (Å²) < 4.78 is 0. The Kier molecular flexibility index (Phi) is 2.42. The SMILES string of the molecule is NC1CC(=O)N(C2c3ccccc3CC2O)C1. The largest absolute Gasteiger partial charge is 0.390 e. The molecule has 0 saturated carbocycles. The van der Waals surface area contributed by atoms with Crippen molar-refractivity contribution in [3.8, 4) is 0 Å². The Morgan fingerprint density at radius 3 is 2.76 bits per heavy atom. The number of carbonyl (C=O) groups excluding carboxylic acids is 1. The molecule has 1 aromatic carbocycles. The van der Waals surface area contributed by atoms with Crippen molar-refractivity contribution >= 4 is 5.91 Å². The van der Waals surface area contributed by atoms with Gasteiger partial charge in [-0.3, -0.25) is 4.79 Å². The second-order valence-corrected chi connectivity index (χ2v) is 4.93. The lowest BCUT2D eigenvalue weighted by Gasteiger charge is -2.27. The van der Waals surface area contributed by atoms with Crippen molar-refractivity contribution in [3.63, 3.8) is 0 Å². The molecule has 0 spiro atoms. The first-order valence-corrected chi connectivity index (χ1v) is 5.97. The van der Waals surface area contributed by atoms with Gasteiger partial charge in [-0.25, -0.2) is 0 Å². The average molecular weight is 232 g/mol. The second-order valence-electron chi connectivity index (χ2n) is 4.93. The average Bonchev–Trinajstić information content (AvgIpc) is 2.77. The topological polar surface area (TPSA) is 66.6 Å². The molecular weight excluding hydrogens is 216 g/mol. The highest BCUT2D eigenvalue weighted by Crippen LogP contribution is 2.37. The molecule has 2 aliphatic rings. The number of amides is 1. The summed E-state index contributed by atoms with van der Waals surface area (Å²) in [4.78, 5) is 13.6. The molecule has 90 valence electrons. The molecular formula is C13H16N2O2. The molecule has 0 aromatic heterocycles. The third-order valence-electron chi connectivity index (χ3n) is 3.69. The van der Waals surface area contributed by atoms with Crippen LogP contribution < -0.4 is 5.73 Å². The monoisotopic (exact) mass is 232 g/mol. The van der Waals surface area contributed by atoms with Crippen LogP contribution in [-0.4, -0.2) is 34.6 Å². The summed E-state index contributed by atoms with van der Waals surface area (Å²) in [5, 5.41) is 10.1. The molecule has 0 radical (unpaired) electrons. The van der Waals surface area contributed by atoms with Crippen LogP contribution in [0.15, 0.2) is 24.3 Å². The normalized spacial score (nSPS) is 32.0. The molecule has 1 saturated heterocycles. The van der Waals surface area contributed by atoms with Crippen LogP contribution in [0, 0.1) is 0 Å². The van der Waals surface area contributed by atoms with E-state index in [1.807, 2.05) is 24.3 Å². The van der Waals surface area contributed by atoms with Crippen LogP contribution in [0.3, 0.4) is 0 Å². The number of hydrogen-bond donors (Lipinski definition) is 2. The van der Waals surface area contributed by atoms with E-state index in [1.165, 1.54) is 0 Å². The van der Waals surface area contributed by atoms with E-state index in [0.717, 1.165) is 11.1 Å². The number of nitrogens with two attached hydrogens (primary N) is 1. The first kappa shape index (κ1) is 10.7. The number of fused-ring (bicyclic) bond motifs is 1. The molecule has 3 N–H and O–H groups in total. The minimum absolute atomic E-state index is 0.0539. The van der Waals surface area contributed by atoms with Crippen molar-refractivity contribution < 1.29 is 9.90 Å². The smallest absolute Gasteiger partial charge is 0.224 e. The summed E-state index contributed by atoms with van der Waals surface area (Å²) in [6.45, 7) is 0.550. The third-order valence-corrected chi connectivity index (χ3v) is 3.69. The van der Waals surface area contributed by atoms with Gasteiger partial charge >= 0.3 is 0 Å². The van der Waals surface area contributed by atoms with Crippen LogP contribution in [0.1, 0.15) is 23.6 Å². The van der Waals surface area contributed by atoms with Gasteiger partial charge in [-0.1, -0.05) is 24.3 Å². The molecule has 17 heavy (non-hydrogen) atoms. The van der Waals surface area contributed by atoms with Crippen LogP contribution in [0.2, 0.25) is 0 Å². The van der Waals surface area contributed by atoms with Crippen molar-refractivity contribution in [2.24, 2.45) is 5.73 Å². The van der Waals surface area contributed by atoms with Crippen LogP contribution >= 0.6 is 0 Å². The fourth-order valence-electron chi connectivity index (χ4n) is 2.96. The zero-order valence-electron chi connectivity index (χ0n) is 9.54. The number of aliphatic hydroxyl groups excluding tert-OH is 1. The molecule has 1 fully saturated rings.